The molecule has 0 saturated heterocycles. The number of amides is 1. The smallest absolute Gasteiger partial charge is 0.266 e. The first-order chi connectivity index (χ1) is 14.4. The minimum absolute atomic E-state index is 0.237. The van der Waals surface area contributed by atoms with E-state index >= 15 is 0 Å². The van der Waals surface area contributed by atoms with Gasteiger partial charge in [-0.15, -0.1) is 11.3 Å². The Hall–Kier alpha value is -3.22. The number of hydrogen-bond acceptors (Lipinski definition) is 4. The molecule has 150 valence electrons. The van der Waals surface area contributed by atoms with Crippen LogP contribution in [0.3, 0.4) is 0 Å². The zero-order chi connectivity index (χ0) is 21.3. The van der Waals surface area contributed by atoms with Gasteiger partial charge in [-0.25, -0.2) is 4.68 Å². The number of hydrogen-bond donors (Lipinski definition) is 1. The first-order valence-electron chi connectivity index (χ1n) is 9.26. The summed E-state index contributed by atoms with van der Waals surface area (Å²) in [4.78, 5) is 26.6. The third-order valence-electron chi connectivity index (χ3n) is 4.62. The highest BCUT2D eigenvalue weighted by atomic mass is 35.5. The minimum atomic E-state index is -0.306. The Balaban J connectivity index is 1.99. The van der Waals surface area contributed by atoms with E-state index in [2.05, 4.69) is 10.4 Å². The fraction of sp³-hybridized carbons (Fsp3) is 0.0870. The molecule has 4 aromatic rings. The zero-order valence-corrected chi connectivity index (χ0v) is 17.9. The van der Waals surface area contributed by atoms with Crippen molar-refractivity contribution < 1.29 is 4.79 Å². The molecule has 2 aromatic carbocycles. The highest BCUT2D eigenvalue weighted by molar-refractivity contribution is 7.12. The molecule has 0 fully saturated rings. The number of carbonyl (C=O) groups is 1. The highest BCUT2D eigenvalue weighted by Crippen LogP contribution is 2.29. The maximum atomic E-state index is 13.1. The molecule has 0 spiro atoms. The van der Waals surface area contributed by atoms with Gasteiger partial charge in [0.25, 0.3) is 5.91 Å². The third kappa shape index (κ3) is 3.92. The predicted molar refractivity (Wildman–Crippen MR) is 122 cm³/mol. The molecule has 0 bridgehead atoms. The molecule has 0 radical (unpaired) electrons. The van der Waals surface area contributed by atoms with E-state index in [9.17, 15) is 9.59 Å². The van der Waals surface area contributed by atoms with E-state index in [0.717, 1.165) is 5.56 Å². The van der Waals surface area contributed by atoms with Crippen molar-refractivity contribution in [2.24, 2.45) is 0 Å². The highest BCUT2D eigenvalue weighted by Gasteiger charge is 2.21. The topological polar surface area (TPSA) is 64.0 Å². The molecule has 0 aliphatic rings. The van der Waals surface area contributed by atoms with E-state index in [1.807, 2.05) is 42.6 Å². The van der Waals surface area contributed by atoms with Crippen molar-refractivity contribution in [2.75, 3.05) is 5.32 Å². The van der Waals surface area contributed by atoms with Crippen LogP contribution in [-0.2, 0) is 0 Å². The van der Waals surface area contributed by atoms with Crippen molar-refractivity contribution in [1.82, 2.24) is 9.78 Å². The van der Waals surface area contributed by atoms with Gasteiger partial charge >= 0.3 is 0 Å². The van der Waals surface area contributed by atoms with Gasteiger partial charge in [0.15, 0.2) is 0 Å². The summed E-state index contributed by atoms with van der Waals surface area (Å²) in [5, 5.41) is 9.72. The van der Waals surface area contributed by atoms with Gasteiger partial charge in [-0.1, -0.05) is 53.6 Å². The second-order valence-corrected chi connectivity index (χ2v) is 8.21. The van der Waals surface area contributed by atoms with E-state index in [1.54, 1.807) is 41.9 Å². The van der Waals surface area contributed by atoms with Gasteiger partial charge in [0.2, 0.25) is 5.43 Å². The first kappa shape index (κ1) is 20.1. The Labute approximate surface area is 182 Å². The lowest BCUT2D eigenvalue weighted by Gasteiger charge is -2.18. The summed E-state index contributed by atoms with van der Waals surface area (Å²) in [6, 6.07) is 18.2. The SMILES string of the molecule is Cc1ccc(-c2c(NC(=O)c3cccs3)n(-c3cccc(Cl)c3)nc(C)c2=O)cc1. The summed E-state index contributed by atoms with van der Waals surface area (Å²) in [6.45, 7) is 3.64. The van der Waals surface area contributed by atoms with Crippen LogP contribution in [0.5, 0.6) is 0 Å². The molecular formula is C23H18ClN3O2S. The van der Waals surface area contributed by atoms with Gasteiger partial charge in [-0.2, -0.15) is 5.10 Å². The molecule has 0 aliphatic carbocycles. The summed E-state index contributed by atoms with van der Waals surface area (Å²) < 4.78 is 1.56. The molecule has 7 heteroatoms. The van der Waals surface area contributed by atoms with E-state index in [-0.39, 0.29) is 11.3 Å². The largest absolute Gasteiger partial charge is 0.305 e. The van der Waals surface area contributed by atoms with Crippen molar-refractivity contribution in [2.45, 2.75) is 13.8 Å². The molecule has 4 rings (SSSR count). The van der Waals surface area contributed by atoms with Crippen molar-refractivity contribution in [1.29, 1.82) is 0 Å². The van der Waals surface area contributed by atoms with Crippen LogP contribution in [0.15, 0.2) is 70.8 Å². The third-order valence-corrected chi connectivity index (χ3v) is 5.73. The number of carbonyl (C=O) groups excluding carboxylic acids is 1. The first-order valence-corrected chi connectivity index (χ1v) is 10.5. The molecule has 5 nitrogen and oxygen atoms in total. The zero-order valence-electron chi connectivity index (χ0n) is 16.3. The van der Waals surface area contributed by atoms with Gasteiger partial charge in [-0.05, 0) is 49.1 Å². The van der Waals surface area contributed by atoms with Gasteiger partial charge in [0.05, 0.1) is 16.1 Å². The fourth-order valence-electron chi connectivity index (χ4n) is 3.11. The van der Waals surface area contributed by atoms with Crippen LogP contribution in [0.25, 0.3) is 16.8 Å². The Morgan fingerprint density at radius 2 is 1.83 bits per heavy atom. The summed E-state index contributed by atoms with van der Waals surface area (Å²) in [5.41, 5.74) is 2.88. The van der Waals surface area contributed by atoms with E-state index in [0.29, 0.717) is 38.2 Å². The number of aryl methyl sites for hydroxylation is 2. The summed E-state index contributed by atoms with van der Waals surface area (Å²) in [6.07, 6.45) is 0. The van der Waals surface area contributed by atoms with Crippen LogP contribution in [0, 0.1) is 13.8 Å². The Morgan fingerprint density at radius 1 is 1.07 bits per heavy atom. The molecular weight excluding hydrogens is 418 g/mol. The lowest BCUT2D eigenvalue weighted by atomic mass is 10.0. The lowest BCUT2D eigenvalue weighted by Crippen LogP contribution is -2.24. The molecule has 30 heavy (non-hydrogen) atoms. The molecule has 0 aliphatic heterocycles. The molecule has 1 amide bonds. The van der Waals surface area contributed by atoms with Crippen molar-refractivity contribution in [3.05, 3.63) is 97.4 Å². The number of halogens is 1. The molecule has 1 N–H and O–H groups in total. The maximum absolute atomic E-state index is 13.1. The molecule has 0 unspecified atom stereocenters. The summed E-state index contributed by atoms with van der Waals surface area (Å²) >= 11 is 7.52. The van der Waals surface area contributed by atoms with E-state index in [4.69, 9.17) is 11.6 Å². The molecule has 2 heterocycles. The number of aromatic nitrogens is 2. The minimum Gasteiger partial charge on any atom is -0.305 e. The number of benzene rings is 2. The van der Waals surface area contributed by atoms with Crippen LogP contribution in [0.2, 0.25) is 5.02 Å². The van der Waals surface area contributed by atoms with Gasteiger partial charge in [-0.3, -0.25) is 9.59 Å². The number of nitrogens with one attached hydrogen (secondary N) is 1. The van der Waals surface area contributed by atoms with Gasteiger partial charge in [0, 0.05) is 5.02 Å². The monoisotopic (exact) mass is 435 g/mol. The van der Waals surface area contributed by atoms with Crippen LogP contribution < -0.4 is 10.7 Å². The molecule has 2 aromatic heterocycles. The second kappa shape index (κ2) is 8.26. The van der Waals surface area contributed by atoms with Crippen LogP contribution in [0.1, 0.15) is 20.9 Å². The second-order valence-electron chi connectivity index (χ2n) is 6.83. The molecule has 0 atom stereocenters. The fourth-order valence-corrected chi connectivity index (χ4v) is 3.92. The number of rotatable bonds is 4. The summed E-state index contributed by atoms with van der Waals surface area (Å²) in [5.74, 6) is -0.00527. The Morgan fingerprint density at radius 3 is 2.50 bits per heavy atom. The van der Waals surface area contributed by atoms with E-state index < -0.39 is 0 Å². The molecule has 0 saturated carbocycles. The Bertz CT molecular complexity index is 1280. The number of thiophene rings is 1. The van der Waals surface area contributed by atoms with Crippen molar-refractivity contribution in [3.8, 4) is 16.8 Å². The quantitative estimate of drug-likeness (QED) is 0.461. The van der Waals surface area contributed by atoms with E-state index in [1.165, 1.54) is 11.3 Å². The van der Waals surface area contributed by atoms with Gasteiger partial charge in [0.1, 0.15) is 11.5 Å². The van der Waals surface area contributed by atoms with Crippen molar-refractivity contribution in [3.63, 3.8) is 0 Å². The average molecular weight is 436 g/mol. The van der Waals surface area contributed by atoms with Crippen LogP contribution >= 0.6 is 22.9 Å². The standard InChI is InChI=1S/C23H18ClN3O2S/c1-14-8-10-16(11-9-14)20-21(28)15(2)26-27(18-6-3-5-17(24)13-18)22(20)25-23(29)19-7-4-12-30-19/h3-13H,1-2H3,(H,25,29). The maximum Gasteiger partial charge on any atom is 0.266 e. The number of anilines is 1. The summed E-state index contributed by atoms with van der Waals surface area (Å²) in [7, 11) is 0. The number of nitrogens with zero attached hydrogens (tertiary/aromatic N) is 2. The average Bonchev–Trinajstić information content (AvgIpc) is 3.27. The normalized spacial score (nSPS) is 10.8. The van der Waals surface area contributed by atoms with Crippen LogP contribution in [0.4, 0.5) is 5.82 Å². The van der Waals surface area contributed by atoms with Gasteiger partial charge < -0.3 is 5.32 Å². The Kier molecular flexibility index (Phi) is 5.53. The van der Waals surface area contributed by atoms with Crippen molar-refractivity contribution >= 4 is 34.7 Å². The predicted octanol–water partition coefficient (Wildman–Crippen LogP) is 5.48. The van der Waals surface area contributed by atoms with Crippen LogP contribution in [-0.4, -0.2) is 15.7 Å². The lowest BCUT2D eigenvalue weighted by molar-refractivity contribution is 0.102.